The van der Waals surface area contributed by atoms with E-state index in [9.17, 15) is 0 Å². The SMILES string of the molecule is CCCCC(C[Se]c1ccccc1)C(C#N)C#N. The van der Waals surface area contributed by atoms with Gasteiger partial charge in [0.05, 0.1) is 0 Å². The van der Waals surface area contributed by atoms with Crippen molar-refractivity contribution in [2.75, 3.05) is 0 Å². The summed E-state index contributed by atoms with van der Waals surface area (Å²) in [6.45, 7) is 2.15. The fourth-order valence-corrected chi connectivity index (χ4v) is 4.11. The van der Waals surface area contributed by atoms with Gasteiger partial charge in [-0.2, -0.15) is 0 Å². The van der Waals surface area contributed by atoms with Gasteiger partial charge in [-0.05, 0) is 0 Å². The molecule has 0 saturated heterocycles. The molecule has 0 fully saturated rings. The molecule has 0 amide bonds. The van der Waals surface area contributed by atoms with Crippen molar-refractivity contribution < 1.29 is 0 Å². The molecule has 2 nitrogen and oxygen atoms in total. The second kappa shape index (κ2) is 8.76. The predicted octanol–water partition coefficient (Wildman–Crippen LogP) is 2.90. The van der Waals surface area contributed by atoms with Crippen molar-refractivity contribution in [1.82, 2.24) is 0 Å². The van der Waals surface area contributed by atoms with Crippen molar-refractivity contribution in [2.24, 2.45) is 11.8 Å². The van der Waals surface area contributed by atoms with E-state index in [2.05, 4.69) is 31.2 Å². The molecule has 0 aromatic heterocycles. The maximum absolute atomic E-state index is 9.03. The Kier molecular flexibility index (Phi) is 7.19. The van der Waals surface area contributed by atoms with E-state index in [0.717, 1.165) is 24.6 Å². The molecule has 1 atom stereocenters. The maximum atomic E-state index is 9.03. The molecule has 0 heterocycles. The summed E-state index contributed by atoms with van der Waals surface area (Å²) in [5.74, 6) is -0.206. The van der Waals surface area contributed by atoms with Crippen molar-refractivity contribution in [1.29, 1.82) is 10.5 Å². The molecule has 0 N–H and O–H groups in total. The Morgan fingerprint density at radius 3 is 2.39 bits per heavy atom. The molecule has 0 bridgehead atoms. The van der Waals surface area contributed by atoms with Gasteiger partial charge in [-0.25, -0.2) is 0 Å². The summed E-state index contributed by atoms with van der Waals surface area (Å²) >= 11 is 0.367. The predicted molar refractivity (Wildman–Crippen MR) is 74.4 cm³/mol. The number of hydrogen-bond donors (Lipinski definition) is 0. The van der Waals surface area contributed by atoms with Crippen LogP contribution in [0.4, 0.5) is 0 Å². The monoisotopic (exact) mass is 306 g/mol. The zero-order valence-corrected chi connectivity index (χ0v) is 12.4. The minimum absolute atomic E-state index is 0.236. The van der Waals surface area contributed by atoms with Crippen molar-refractivity contribution in [2.45, 2.75) is 31.5 Å². The zero-order valence-electron chi connectivity index (χ0n) is 10.7. The van der Waals surface area contributed by atoms with Gasteiger partial charge in [-0.1, -0.05) is 0 Å². The molecule has 0 aliphatic heterocycles. The molecule has 18 heavy (non-hydrogen) atoms. The molecule has 0 radical (unpaired) electrons. The number of hydrogen-bond acceptors (Lipinski definition) is 2. The molecule has 94 valence electrons. The Labute approximate surface area is 116 Å². The fourth-order valence-electron chi connectivity index (χ4n) is 1.77. The first-order valence-electron chi connectivity index (χ1n) is 6.28. The minimum atomic E-state index is -0.442. The van der Waals surface area contributed by atoms with Crippen LogP contribution in [0, 0.1) is 34.5 Å². The van der Waals surface area contributed by atoms with Crippen molar-refractivity contribution in [3.63, 3.8) is 0 Å². The number of nitriles is 2. The van der Waals surface area contributed by atoms with Crippen LogP contribution >= 0.6 is 0 Å². The van der Waals surface area contributed by atoms with Gasteiger partial charge in [-0.15, -0.1) is 0 Å². The second-order valence-electron chi connectivity index (χ2n) is 4.26. The van der Waals surface area contributed by atoms with Gasteiger partial charge < -0.3 is 0 Å². The van der Waals surface area contributed by atoms with Crippen molar-refractivity contribution >= 4 is 19.4 Å². The van der Waals surface area contributed by atoms with Crippen LogP contribution in [0.5, 0.6) is 0 Å². The molecule has 1 unspecified atom stereocenters. The molecular formula is C15H18N2Se. The Balaban J connectivity index is 2.56. The molecular weight excluding hydrogens is 287 g/mol. The van der Waals surface area contributed by atoms with Crippen LogP contribution in [0.15, 0.2) is 30.3 Å². The van der Waals surface area contributed by atoms with E-state index < -0.39 is 5.92 Å². The summed E-state index contributed by atoms with van der Waals surface area (Å²) in [4.78, 5) is 0. The van der Waals surface area contributed by atoms with Crippen LogP contribution < -0.4 is 4.46 Å². The van der Waals surface area contributed by atoms with E-state index in [1.54, 1.807) is 0 Å². The average Bonchev–Trinajstić information content (AvgIpc) is 2.43. The summed E-state index contributed by atoms with van der Waals surface area (Å²) in [5.41, 5.74) is 0. The van der Waals surface area contributed by atoms with E-state index in [1.807, 2.05) is 18.2 Å². The van der Waals surface area contributed by atoms with E-state index in [-0.39, 0.29) is 5.92 Å². The molecule has 0 spiro atoms. The average molecular weight is 305 g/mol. The summed E-state index contributed by atoms with van der Waals surface area (Å²) in [7, 11) is 0. The van der Waals surface area contributed by atoms with E-state index in [4.69, 9.17) is 10.5 Å². The number of benzene rings is 1. The number of nitrogens with zero attached hydrogens (tertiary/aromatic N) is 2. The number of rotatable bonds is 7. The molecule has 0 aliphatic rings. The first-order valence-corrected chi connectivity index (χ1v) is 8.35. The van der Waals surface area contributed by atoms with Gasteiger partial charge >= 0.3 is 116 Å². The quantitative estimate of drug-likeness (QED) is 0.727. The van der Waals surface area contributed by atoms with Crippen LogP contribution in [0.25, 0.3) is 0 Å². The van der Waals surface area contributed by atoms with Gasteiger partial charge in [0.1, 0.15) is 0 Å². The summed E-state index contributed by atoms with van der Waals surface area (Å²) in [6, 6.07) is 14.7. The van der Waals surface area contributed by atoms with Crippen LogP contribution in [0.2, 0.25) is 5.32 Å². The summed E-state index contributed by atoms with van der Waals surface area (Å²) in [5, 5.41) is 19.0. The van der Waals surface area contributed by atoms with Gasteiger partial charge in [-0.3, -0.25) is 0 Å². The number of unbranched alkanes of at least 4 members (excludes halogenated alkanes) is 1. The zero-order chi connectivity index (χ0) is 13.2. The van der Waals surface area contributed by atoms with E-state index >= 15 is 0 Å². The molecule has 1 rings (SSSR count). The fraction of sp³-hybridized carbons (Fsp3) is 0.467. The second-order valence-corrected chi connectivity index (χ2v) is 6.56. The molecule has 3 heteroatoms. The van der Waals surface area contributed by atoms with Crippen LogP contribution in [0.1, 0.15) is 26.2 Å². The molecule has 0 saturated carbocycles. The Hall–Kier alpha value is -1.28. The summed E-state index contributed by atoms with van der Waals surface area (Å²) < 4.78 is 1.35. The van der Waals surface area contributed by atoms with Gasteiger partial charge in [0, 0.05) is 0 Å². The Morgan fingerprint density at radius 2 is 1.83 bits per heavy atom. The normalized spacial score (nSPS) is 11.8. The molecule has 0 aliphatic carbocycles. The van der Waals surface area contributed by atoms with Crippen molar-refractivity contribution in [3.05, 3.63) is 30.3 Å². The third-order valence-corrected chi connectivity index (χ3v) is 5.40. The third kappa shape index (κ3) is 4.92. The van der Waals surface area contributed by atoms with Gasteiger partial charge in [0.15, 0.2) is 0 Å². The van der Waals surface area contributed by atoms with Crippen LogP contribution in [0.3, 0.4) is 0 Å². The summed E-state index contributed by atoms with van der Waals surface area (Å²) in [6.07, 6.45) is 3.23. The molecule has 1 aromatic carbocycles. The molecule has 1 aromatic rings. The Bertz CT molecular complexity index is 402. The standard InChI is InChI=1S/C15H18N2Se/c1-2-3-7-13(14(10-16)11-17)12-18-15-8-5-4-6-9-15/h4-6,8-9,13-14H,2-3,7,12H2,1H3. The first kappa shape index (κ1) is 14.8. The van der Waals surface area contributed by atoms with E-state index in [1.165, 1.54) is 4.46 Å². The Morgan fingerprint density at radius 1 is 1.17 bits per heavy atom. The third-order valence-electron chi connectivity index (χ3n) is 2.89. The van der Waals surface area contributed by atoms with Crippen molar-refractivity contribution in [3.8, 4) is 12.1 Å². The van der Waals surface area contributed by atoms with Crippen LogP contribution in [-0.2, 0) is 0 Å². The van der Waals surface area contributed by atoms with Gasteiger partial charge in [0.25, 0.3) is 0 Å². The van der Waals surface area contributed by atoms with Crippen LogP contribution in [-0.4, -0.2) is 15.0 Å². The topological polar surface area (TPSA) is 47.6 Å². The van der Waals surface area contributed by atoms with E-state index in [0.29, 0.717) is 15.0 Å². The first-order chi connectivity index (χ1) is 8.81. The van der Waals surface area contributed by atoms with Gasteiger partial charge in [0.2, 0.25) is 0 Å².